The zero-order valence-electron chi connectivity index (χ0n) is 34.5. The van der Waals surface area contributed by atoms with Crippen LogP contribution in [0, 0.1) is 17.2 Å². The van der Waals surface area contributed by atoms with Gasteiger partial charge in [-0.1, -0.05) is 63.9 Å². The lowest BCUT2D eigenvalue weighted by Gasteiger charge is -2.52. The first-order chi connectivity index (χ1) is 28.0. The van der Waals surface area contributed by atoms with Crippen molar-refractivity contribution in [2.45, 2.75) is 103 Å². The zero-order valence-corrected chi connectivity index (χ0v) is 36.1. The maximum Gasteiger partial charge on any atom is 0.226 e. The molecule has 13 heteroatoms. The number of nitrogens with one attached hydrogen (secondary N) is 3. The third kappa shape index (κ3) is 10.6. The monoisotopic (exact) mass is 826 g/mol. The number of hydrogen-bond acceptors (Lipinski definition) is 11. The van der Waals surface area contributed by atoms with Crippen molar-refractivity contribution < 1.29 is 14.0 Å². The fourth-order valence-corrected chi connectivity index (χ4v) is 10.3. The predicted molar refractivity (Wildman–Crippen MR) is 237 cm³/mol. The van der Waals surface area contributed by atoms with E-state index >= 15 is 4.39 Å². The van der Waals surface area contributed by atoms with Crippen molar-refractivity contribution in [3.63, 3.8) is 0 Å². The Morgan fingerprint density at radius 2 is 1.67 bits per heavy atom. The van der Waals surface area contributed by atoms with E-state index in [0.29, 0.717) is 53.6 Å². The fraction of sp³-hybridized carbons (Fsp3) is 0.533. The van der Waals surface area contributed by atoms with E-state index in [-0.39, 0.29) is 23.0 Å². The Balaban J connectivity index is 0.000000573. The van der Waals surface area contributed by atoms with Crippen molar-refractivity contribution in [2.75, 3.05) is 53.4 Å². The molecule has 5 heterocycles. The molecule has 4 aromatic rings. The van der Waals surface area contributed by atoms with Crippen LogP contribution in [0.25, 0.3) is 21.8 Å². The Morgan fingerprint density at radius 3 is 2.33 bits per heavy atom. The molecule has 0 unspecified atom stereocenters. The number of carbonyl (C=O) groups excluding carboxylic acids is 2. The lowest BCUT2D eigenvalue weighted by molar-refractivity contribution is -0.132. The number of nitrogens with zero attached hydrogens (tertiary/aromatic N) is 5. The number of amides is 2. The number of piperidine rings is 3. The Kier molecular flexibility index (Phi) is 13.7. The van der Waals surface area contributed by atoms with Crippen LogP contribution >= 0.6 is 23.3 Å². The van der Waals surface area contributed by atoms with Crippen molar-refractivity contribution in [2.24, 2.45) is 11.3 Å². The van der Waals surface area contributed by atoms with Gasteiger partial charge in [0.15, 0.2) is 5.82 Å². The molecule has 10 nitrogen and oxygen atoms in total. The summed E-state index contributed by atoms with van der Waals surface area (Å²) in [4.78, 5) is 41.5. The first-order valence-corrected chi connectivity index (χ1v) is 22.9. The third-order valence-corrected chi connectivity index (χ3v) is 14.3. The van der Waals surface area contributed by atoms with Crippen LogP contribution in [0.5, 0.6) is 0 Å². The van der Waals surface area contributed by atoms with Gasteiger partial charge in [-0.2, -0.15) is 0 Å². The molecule has 1 spiro atoms. The molecular weight excluding hydrogens is 768 g/mol. The highest BCUT2D eigenvalue weighted by atomic mass is 32.2. The van der Waals surface area contributed by atoms with Crippen LogP contribution in [0.1, 0.15) is 96.9 Å². The minimum absolute atomic E-state index is 0.138. The van der Waals surface area contributed by atoms with Crippen molar-refractivity contribution in [3.8, 4) is 21.8 Å². The van der Waals surface area contributed by atoms with Gasteiger partial charge in [-0.25, -0.2) is 19.3 Å². The number of hydrogen-bond donors (Lipinski definition) is 3. The normalized spacial score (nSPS) is 18.9. The first kappa shape index (κ1) is 42.1. The minimum atomic E-state index is -0.283. The number of benzene rings is 2. The smallest absolute Gasteiger partial charge is 0.226 e. The van der Waals surface area contributed by atoms with Gasteiger partial charge in [-0.3, -0.25) is 14.9 Å². The maximum atomic E-state index is 15.9. The highest BCUT2D eigenvalue weighted by molar-refractivity contribution is 8.00. The van der Waals surface area contributed by atoms with E-state index in [1.54, 1.807) is 17.4 Å². The molecule has 3 N–H and O–H groups in total. The number of imide groups is 1. The Morgan fingerprint density at radius 1 is 0.948 bits per heavy atom. The lowest BCUT2D eigenvalue weighted by atomic mass is 9.60. The van der Waals surface area contributed by atoms with Crippen LogP contribution in [-0.4, -0.2) is 76.2 Å². The Bertz CT molecular complexity index is 1980. The number of aromatic nitrogens is 3. The molecule has 3 aliphatic heterocycles. The van der Waals surface area contributed by atoms with Gasteiger partial charge in [0, 0.05) is 67.1 Å². The molecule has 0 radical (unpaired) electrons. The van der Waals surface area contributed by atoms with Gasteiger partial charge in [0.1, 0.15) is 0 Å². The van der Waals surface area contributed by atoms with E-state index < -0.39 is 0 Å². The van der Waals surface area contributed by atoms with Crippen LogP contribution in [0.2, 0.25) is 0 Å². The number of para-hydroxylation sites is 1. The summed E-state index contributed by atoms with van der Waals surface area (Å²) < 4.78 is 19.1. The second-order valence-corrected chi connectivity index (χ2v) is 19.4. The van der Waals surface area contributed by atoms with Crippen LogP contribution in [-0.2, 0) is 15.0 Å². The van der Waals surface area contributed by atoms with Gasteiger partial charge in [0.05, 0.1) is 27.0 Å². The highest BCUT2D eigenvalue weighted by Crippen LogP contribution is 2.50. The van der Waals surface area contributed by atoms with E-state index in [9.17, 15) is 9.59 Å². The van der Waals surface area contributed by atoms with Crippen molar-refractivity contribution in [1.29, 1.82) is 0 Å². The van der Waals surface area contributed by atoms with Crippen LogP contribution in [0.4, 0.5) is 21.7 Å². The topological polar surface area (TPSA) is 115 Å². The average Bonchev–Trinajstić information content (AvgIpc) is 3.66. The Hall–Kier alpha value is -4.07. The number of rotatable bonds is 11. The summed E-state index contributed by atoms with van der Waals surface area (Å²) in [6.07, 6.45) is 12.1. The van der Waals surface area contributed by atoms with E-state index in [0.717, 1.165) is 33.7 Å². The fourth-order valence-electron chi connectivity index (χ4n) is 8.53. The summed E-state index contributed by atoms with van der Waals surface area (Å²) in [6.45, 7) is 14.6. The molecule has 2 aromatic carbocycles. The summed E-state index contributed by atoms with van der Waals surface area (Å²) in [7, 11) is 0. The van der Waals surface area contributed by atoms with E-state index in [1.165, 1.54) is 88.9 Å². The van der Waals surface area contributed by atoms with E-state index in [4.69, 9.17) is 9.97 Å². The lowest BCUT2D eigenvalue weighted by Crippen LogP contribution is -2.52. The van der Waals surface area contributed by atoms with Gasteiger partial charge in [0.2, 0.25) is 17.8 Å². The molecule has 4 aliphatic rings. The van der Waals surface area contributed by atoms with Gasteiger partial charge in [0.25, 0.3) is 0 Å². The summed E-state index contributed by atoms with van der Waals surface area (Å²) >= 11 is 3.12. The molecule has 58 heavy (non-hydrogen) atoms. The summed E-state index contributed by atoms with van der Waals surface area (Å²) in [5.41, 5.74) is 4.03. The zero-order chi connectivity index (χ0) is 40.7. The maximum absolute atomic E-state index is 15.9. The van der Waals surface area contributed by atoms with Crippen molar-refractivity contribution >= 4 is 52.4 Å². The number of thiazole rings is 1. The second kappa shape index (κ2) is 18.9. The molecule has 310 valence electrons. The Labute approximate surface area is 351 Å². The molecule has 2 amide bonds. The second-order valence-electron chi connectivity index (χ2n) is 17.5. The molecule has 4 fully saturated rings. The quantitative estimate of drug-likeness (QED) is 0.0768. The van der Waals surface area contributed by atoms with E-state index in [2.05, 4.69) is 88.2 Å². The molecule has 1 aliphatic carbocycles. The van der Waals surface area contributed by atoms with Gasteiger partial charge >= 0.3 is 0 Å². The third-order valence-electron chi connectivity index (χ3n) is 11.8. The number of carbonyl (C=O) groups is 2. The summed E-state index contributed by atoms with van der Waals surface area (Å²) in [6, 6.07) is 18.7. The number of anilines is 3. The van der Waals surface area contributed by atoms with Crippen molar-refractivity contribution in [1.82, 2.24) is 25.2 Å². The molecule has 3 saturated heterocycles. The van der Waals surface area contributed by atoms with Gasteiger partial charge < -0.3 is 19.8 Å². The minimum Gasteiger partial charge on any atom is -0.372 e. The molecule has 1 saturated carbocycles. The molecule has 8 rings (SSSR count). The summed E-state index contributed by atoms with van der Waals surface area (Å²) in [5, 5.41) is 6.82. The first-order valence-electron chi connectivity index (χ1n) is 21.1. The SMILES string of the molecule is CCCSNc1cccc(-c2nc(C(C)(C)C)sc2-c2ccnc(NC3CC4(CCN(CC5CCN(c6ccccc6)CC5)CC4)C3)n2)c1F.O=C1CCCC(=O)N1. The largest absolute Gasteiger partial charge is 0.372 e. The average molecular weight is 827 g/mol. The summed E-state index contributed by atoms with van der Waals surface area (Å²) in [5.74, 6) is 1.80. The highest BCUT2D eigenvalue weighted by Gasteiger charge is 2.46. The van der Waals surface area contributed by atoms with Gasteiger partial charge in [-0.15, -0.1) is 11.3 Å². The molecular formula is C45H59FN8O2S2. The predicted octanol–water partition coefficient (Wildman–Crippen LogP) is 9.56. The van der Waals surface area contributed by atoms with Crippen LogP contribution in [0.3, 0.4) is 0 Å². The van der Waals surface area contributed by atoms with Crippen LogP contribution < -0.4 is 20.3 Å². The standard InChI is InChI=1S/C40H52FN7S2.C5H7NO2/c1-5-24-49-46-32-13-9-12-31(34(32)41)35-36(50-37(45-35)39(2,3)4)33-14-19-42-38(44-33)43-29-25-40(26-29)17-22-47(23-18-40)27-28-15-20-48(21-16-28)30-10-7-6-8-11-30;7-4-2-1-3-5(8)6-4/h6-14,19,28-29,46H,5,15-18,20-27H2,1-4H3,(H,42,43,44);1-3H2,(H,6,7,8). The van der Waals surface area contributed by atoms with Gasteiger partial charge in [-0.05, 0) is 106 Å². The molecule has 2 aromatic heterocycles. The van der Waals surface area contributed by atoms with Crippen molar-refractivity contribution in [3.05, 3.63) is 71.6 Å². The number of halogens is 1. The molecule has 0 bridgehead atoms. The van der Waals surface area contributed by atoms with Crippen LogP contribution in [0.15, 0.2) is 60.8 Å². The van der Waals surface area contributed by atoms with E-state index in [1.807, 2.05) is 24.4 Å². The molecule has 0 atom stereocenters. The number of likely N-dealkylation sites (tertiary alicyclic amines) is 1.